The molecule has 0 saturated heterocycles. The van der Waals surface area contributed by atoms with Gasteiger partial charge in [-0.05, 0) is 37.1 Å². The number of ether oxygens (including phenoxy) is 1. The third-order valence-electron chi connectivity index (χ3n) is 2.68. The molecule has 0 aliphatic carbocycles. The van der Waals surface area contributed by atoms with E-state index in [1.807, 2.05) is 0 Å². The number of rotatable bonds is 7. The van der Waals surface area contributed by atoms with Gasteiger partial charge in [0.1, 0.15) is 0 Å². The minimum absolute atomic E-state index is 0.281. The van der Waals surface area contributed by atoms with Crippen LogP contribution in [0.2, 0.25) is 0 Å². The molecule has 0 bridgehead atoms. The molecule has 1 N–H and O–H groups in total. The van der Waals surface area contributed by atoms with Gasteiger partial charge in [-0.2, -0.15) is 0 Å². The van der Waals surface area contributed by atoms with Gasteiger partial charge >= 0.3 is 0 Å². The SMILES string of the molecule is CCCOCC(NCC)c1ccc(C)c(Br)c1. The number of halogens is 1. The van der Waals surface area contributed by atoms with Crippen molar-refractivity contribution in [3.63, 3.8) is 0 Å². The van der Waals surface area contributed by atoms with Gasteiger partial charge in [-0.15, -0.1) is 0 Å². The molecule has 0 spiro atoms. The smallest absolute Gasteiger partial charge is 0.0661 e. The van der Waals surface area contributed by atoms with Crippen molar-refractivity contribution < 1.29 is 4.74 Å². The van der Waals surface area contributed by atoms with Gasteiger partial charge in [-0.3, -0.25) is 0 Å². The number of benzene rings is 1. The van der Waals surface area contributed by atoms with Crippen molar-refractivity contribution in [3.05, 3.63) is 33.8 Å². The Kier molecular flexibility index (Phi) is 6.78. The van der Waals surface area contributed by atoms with Crippen LogP contribution in [0.3, 0.4) is 0 Å². The molecule has 17 heavy (non-hydrogen) atoms. The summed E-state index contributed by atoms with van der Waals surface area (Å²) in [5.41, 5.74) is 2.54. The lowest BCUT2D eigenvalue weighted by Crippen LogP contribution is -2.25. The largest absolute Gasteiger partial charge is 0.379 e. The third-order valence-corrected chi connectivity index (χ3v) is 3.54. The van der Waals surface area contributed by atoms with Crippen molar-refractivity contribution in [2.75, 3.05) is 19.8 Å². The van der Waals surface area contributed by atoms with E-state index in [0.29, 0.717) is 0 Å². The molecule has 0 amide bonds. The van der Waals surface area contributed by atoms with Gasteiger partial charge in [0.15, 0.2) is 0 Å². The first-order chi connectivity index (χ1) is 8.19. The summed E-state index contributed by atoms with van der Waals surface area (Å²) < 4.78 is 6.80. The normalized spacial score (nSPS) is 12.7. The van der Waals surface area contributed by atoms with E-state index in [9.17, 15) is 0 Å². The number of hydrogen-bond donors (Lipinski definition) is 1. The predicted molar refractivity (Wildman–Crippen MR) is 76.4 cm³/mol. The summed E-state index contributed by atoms with van der Waals surface area (Å²) in [6.07, 6.45) is 1.07. The molecule has 0 saturated carbocycles. The summed E-state index contributed by atoms with van der Waals surface area (Å²) in [5, 5.41) is 3.46. The molecule has 2 nitrogen and oxygen atoms in total. The van der Waals surface area contributed by atoms with Crippen LogP contribution in [-0.4, -0.2) is 19.8 Å². The molecule has 1 rings (SSSR count). The quantitative estimate of drug-likeness (QED) is 0.773. The lowest BCUT2D eigenvalue weighted by atomic mass is 10.1. The fraction of sp³-hybridized carbons (Fsp3) is 0.571. The molecule has 0 aliphatic rings. The van der Waals surface area contributed by atoms with E-state index < -0.39 is 0 Å². The van der Waals surface area contributed by atoms with E-state index in [-0.39, 0.29) is 6.04 Å². The lowest BCUT2D eigenvalue weighted by Gasteiger charge is -2.19. The highest BCUT2D eigenvalue weighted by Gasteiger charge is 2.11. The lowest BCUT2D eigenvalue weighted by molar-refractivity contribution is 0.112. The second-order valence-electron chi connectivity index (χ2n) is 4.19. The molecule has 1 aromatic rings. The maximum absolute atomic E-state index is 5.64. The Balaban J connectivity index is 2.70. The zero-order chi connectivity index (χ0) is 12.7. The number of nitrogens with one attached hydrogen (secondary N) is 1. The molecular weight excluding hydrogens is 278 g/mol. The molecule has 0 heterocycles. The highest BCUT2D eigenvalue weighted by atomic mass is 79.9. The maximum Gasteiger partial charge on any atom is 0.0661 e. The zero-order valence-electron chi connectivity index (χ0n) is 10.9. The van der Waals surface area contributed by atoms with Crippen molar-refractivity contribution in [1.29, 1.82) is 0 Å². The minimum atomic E-state index is 0.281. The van der Waals surface area contributed by atoms with E-state index >= 15 is 0 Å². The summed E-state index contributed by atoms with van der Waals surface area (Å²) in [7, 11) is 0. The van der Waals surface area contributed by atoms with Gasteiger partial charge in [0, 0.05) is 11.1 Å². The summed E-state index contributed by atoms with van der Waals surface area (Å²) in [6.45, 7) is 8.86. The summed E-state index contributed by atoms with van der Waals surface area (Å²) in [5.74, 6) is 0. The van der Waals surface area contributed by atoms with Crippen molar-refractivity contribution in [3.8, 4) is 0 Å². The van der Waals surface area contributed by atoms with Gasteiger partial charge < -0.3 is 10.1 Å². The second kappa shape index (κ2) is 7.85. The maximum atomic E-state index is 5.64. The Hall–Kier alpha value is -0.380. The van der Waals surface area contributed by atoms with E-state index in [1.165, 1.54) is 11.1 Å². The van der Waals surface area contributed by atoms with Crippen molar-refractivity contribution in [2.24, 2.45) is 0 Å². The van der Waals surface area contributed by atoms with Gasteiger partial charge in [0.05, 0.1) is 12.6 Å². The van der Waals surface area contributed by atoms with Crippen LogP contribution in [0.5, 0.6) is 0 Å². The van der Waals surface area contributed by atoms with E-state index in [2.05, 4.69) is 60.2 Å². The first-order valence-electron chi connectivity index (χ1n) is 6.26. The summed E-state index contributed by atoms with van der Waals surface area (Å²) in [6, 6.07) is 6.77. The first kappa shape index (κ1) is 14.7. The summed E-state index contributed by atoms with van der Waals surface area (Å²) in [4.78, 5) is 0. The molecule has 0 aromatic heterocycles. The molecule has 1 unspecified atom stereocenters. The Bertz CT molecular complexity index is 341. The van der Waals surface area contributed by atoms with Gasteiger partial charge in [-0.25, -0.2) is 0 Å². The average molecular weight is 300 g/mol. The molecule has 1 atom stereocenters. The van der Waals surface area contributed by atoms with E-state index in [1.54, 1.807) is 0 Å². The molecule has 3 heteroatoms. The highest BCUT2D eigenvalue weighted by molar-refractivity contribution is 9.10. The van der Waals surface area contributed by atoms with Crippen LogP contribution in [0.25, 0.3) is 0 Å². The number of hydrogen-bond acceptors (Lipinski definition) is 2. The Labute approximate surface area is 113 Å². The summed E-state index contributed by atoms with van der Waals surface area (Å²) >= 11 is 3.58. The van der Waals surface area contributed by atoms with Gasteiger partial charge in [-0.1, -0.05) is 41.9 Å². The number of aryl methyl sites for hydroxylation is 1. The predicted octanol–water partition coefficient (Wildman–Crippen LogP) is 3.83. The highest BCUT2D eigenvalue weighted by Crippen LogP contribution is 2.22. The third kappa shape index (κ3) is 4.78. The molecule has 0 fully saturated rings. The van der Waals surface area contributed by atoms with Crippen LogP contribution < -0.4 is 5.32 Å². The minimum Gasteiger partial charge on any atom is -0.379 e. The van der Waals surface area contributed by atoms with Crippen LogP contribution >= 0.6 is 15.9 Å². The van der Waals surface area contributed by atoms with Gasteiger partial charge in [0.25, 0.3) is 0 Å². The van der Waals surface area contributed by atoms with Crippen LogP contribution in [0, 0.1) is 6.92 Å². The first-order valence-corrected chi connectivity index (χ1v) is 7.05. The topological polar surface area (TPSA) is 21.3 Å². The molecule has 0 radical (unpaired) electrons. The van der Waals surface area contributed by atoms with Crippen LogP contribution in [0.4, 0.5) is 0 Å². The second-order valence-corrected chi connectivity index (χ2v) is 5.05. The Morgan fingerprint density at radius 1 is 1.35 bits per heavy atom. The fourth-order valence-corrected chi connectivity index (χ4v) is 2.09. The molecule has 0 aliphatic heterocycles. The van der Waals surface area contributed by atoms with E-state index in [0.717, 1.165) is 30.7 Å². The van der Waals surface area contributed by atoms with E-state index in [4.69, 9.17) is 4.74 Å². The Morgan fingerprint density at radius 2 is 2.12 bits per heavy atom. The van der Waals surface area contributed by atoms with Gasteiger partial charge in [0.2, 0.25) is 0 Å². The fourth-order valence-electron chi connectivity index (χ4n) is 1.69. The molecule has 96 valence electrons. The molecular formula is C14H22BrNO. The number of likely N-dealkylation sites (N-methyl/N-ethyl adjacent to an activating group) is 1. The zero-order valence-corrected chi connectivity index (χ0v) is 12.5. The van der Waals surface area contributed by atoms with Crippen molar-refractivity contribution in [1.82, 2.24) is 5.32 Å². The standard InChI is InChI=1S/C14H22BrNO/c1-4-8-17-10-14(16-5-2)12-7-6-11(3)13(15)9-12/h6-7,9,14,16H,4-5,8,10H2,1-3H3. The monoisotopic (exact) mass is 299 g/mol. The van der Waals surface area contributed by atoms with Crippen LogP contribution in [-0.2, 0) is 4.74 Å². The average Bonchev–Trinajstić information content (AvgIpc) is 2.32. The molecule has 1 aromatic carbocycles. The van der Waals surface area contributed by atoms with Crippen molar-refractivity contribution >= 4 is 15.9 Å². The van der Waals surface area contributed by atoms with Crippen LogP contribution in [0.1, 0.15) is 37.4 Å². The van der Waals surface area contributed by atoms with Crippen LogP contribution in [0.15, 0.2) is 22.7 Å². The van der Waals surface area contributed by atoms with Crippen molar-refractivity contribution in [2.45, 2.75) is 33.2 Å². The Morgan fingerprint density at radius 3 is 2.71 bits per heavy atom.